The number of halogens is 1. The van der Waals surface area contributed by atoms with E-state index in [0.717, 1.165) is 5.69 Å². The normalized spacial score (nSPS) is 16.0. The van der Waals surface area contributed by atoms with Gasteiger partial charge in [0.2, 0.25) is 5.91 Å². The molecular formula is C15H22FN3O2. The molecule has 0 bridgehead atoms. The number of carbonyl (C=O) groups excluding carboxylic acids is 1. The average molecular weight is 295 g/mol. The summed E-state index contributed by atoms with van der Waals surface area (Å²) in [7, 11) is 1.52. The van der Waals surface area contributed by atoms with Crippen molar-refractivity contribution >= 4 is 11.6 Å². The number of carbonyl (C=O) groups is 1. The highest BCUT2D eigenvalue weighted by Gasteiger charge is 2.30. The number of rotatable bonds is 3. The highest BCUT2D eigenvalue weighted by atomic mass is 19.1. The summed E-state index contributed by atoms with van der Waals surface area (Å²) in [6, 6.07) is 4.49. The van der Waals surface area contributed by atoms with Crippen LogP contribution in [0.15, 0.2) is 18.2 Å². The third kappa shape index (κ3) is 3.44. The van der Waals surface area contributed by atoms with E-state index in [1.807, 2.05) is 0 Å². The predicted molar refractivity (Wildman–Crippen MR) is 80.0 cm³/mol. The molecule has 116 valence electrons. The number of benzene rings is 1. The summed E-state index contributed by atoms with van der Waals surface area (Å²) in [5, 5.41) is 0. The first-order valence-electron chi connectivity index (χ1n) is 6.99. The second-order valence-electron chi connectivity index (χ2n) is 5.82. The Bertz CT molecular complexity index is 520. The molecule has 1 aromatic rings. The Labute approximate surface area is 124 Å². The lowest BCUT2D eigenvalue weighted by Crippen LogP contribution is -2.57. The Morgan fingerprint density at radius 3 is 2.43 bits per heavy atom. The van der Waals surface area contributed by atoms with Crippen LogP contribution >= 0.6 is 0 Å². The fraction of sp³-hybridized carbons (Fsp3) is 0.533. The topological polar surface area (TPSA) is 58.8 Å². The fourth-order valence-corrected chi connectivity index (χ4v) is 2.47. The zero-order chi connectivity index (χ0) is 15.6. The molecule has 1 aromatic carbocycles. The first-order chi connectivity index (χ1) is 9.82. The molecule has 2 N–H and O–H groups in total. The molecule has 21 heavy (non-hydrogen) atoms. The average Bonchev–Trinajstić information content (AvgIpc) is 2.45. The summed E-state index contributed by atoms with van der Waals surface area (Å²) in [5.41, 5.74) is 5.85. The van der Waals surface area contributed by atoms with E-state index in [2.05, 4.69) is 4.90 Å². The Balaban J connectivity index is 2.06. The minimum absolute atomic E-state index is 0.0479. The van der Waals surface area contributed by atoms with Gasteiger partial charge < -0.3 is 20.3 Å². The van der Waals surface area contributed by atoms with Gasteiger partial charge in [-0.15, -0.1) is 0 Å². The third-order valence-corrected chi connectivity index (χ3v) is 3.60. The number of nitrogens with zero attached hydrogens (tertiary/aromatic N) is 2. The van der Waals surface area contributed by atoms with Crippen LogP contribution in [0.1, 0.15) is 13.8 Å². The Morgan fingerprint density at radius 1 is 1.29 bits per heavy atom. The summed E-state index contributed by atoms with van der Waals surface area (Å²) >= 11 is 0. The first-order valence-corrected chi connectivity index (χ1v) is 6.99. The quantitative estimate of drug-likeness (QED) is 0.911. The molecule has 1 heterocycles. The SMILES string of the molecule is COc1cc(F)ccc1N1CCN(C(=O)C(C)(C)N)CC1. The molecule has 1 fully saturated rings. The monoisotopic (exact) mass is 295 g/mol. The number of ether oxygens (including phenoxy) is 1. The van der Waals surface area contributed by atoms with Gasteiger partial charge in [-0.25, -0.2) is 4.39 Å². The van der Waals surface area contributed by atoms with Crippen LogP contribution in [-0.2, 0) is 4.79 Å². The van der Waals surface area contributed by atoms with Crippen LogP contribution in [0.4, 0.5) is 10.1 Å². The number of anilines is 1. The highest BCUT2D eigenvalue weighted by molar-refractivity contribution is 5.85. The Hall–Kier alpha value is -1.82. The number of amides is 1. The lowest BCUT2D eigenvalue weighted by Gasteiger charge is -2.38. The van der Waals surface area contributed by atoms with E-state index in [1.165, 1.54) is 19.2 Å². The van der Waals surface area contributed by atoms with Gasteiger partial charge in [0, 0.05) is 32.2 Å². The van der Waals surface area contributed by atoms with E-state index in [9.17, 15) is 9.18 Å². The van der Waals surface area contributed by atoms with Crippen molar-refractivity contribution in [2.75, 3.05) is 38.2 Å². The number of methoxy groups -OCH3 is 1. The molecule has 1 aliphatic rings. The maximum absolute atomic E-state index is 13.2. The highest BCUT2D eigenvalue weighted by Crippen LogP contribution is 2.29. The summed E-state index contributed by atoms with van der Waals surface area (Å²) in [6.07, 6.45) is 0. The minimum atomic E-state index is -0.851. The fourth-order valence-electron chi connectivity index (χ4n) is 2.47. The molecule has 5 nitrogen and oxygen atoms in total. The van der Waals surface area contributed by atoms with Crippen molar-refractivity contribution in [3.8, 4) is 5.75 Å². The number of hydrogen-bond acceptors (Lipinski definition) is 4. The second-order valence-corrected chi connectivity index (χ2v) is 5.82. The first kappa shape index (κ1) is 15.6. The van der Waals surface area contributed by atoms with Crippen molar-refractivity contribution < 1.29 is 13.9 Å². The van der Waals surface area contributed by atoms with E-state index in [0.29, 0.717) is 31.9 Å². The number of nitrogens with two attached hydrogens (primary N) is 1. The zero-order valence-corrected chi connectivity index (χ0v) is 12.7. The zero-order valence-electron chi connectivity index (χ0n) is 12.7. The molecule has 0 atom stereocenters. The maximum atomic E-state index is 13.2. The van der Waals surface area contributed by atoms with Crippen LogP contribution in [0.25, 0.3) is 0 Å². The predicted octanol–water partition coefficient (Wildman–Crippen LogP) is 1.22. The van der Waals surface area contributed by atoms with Crippen molar-refractivity contribution in [2.24, 2.45) is 5.73 Å². The van der Waals surface area contributed by atoms with Crippen LogP contribution in [-0.4, -0.2) is 49.6 Å². The van der Waals surface area contributed by atoms with Gasteiger partial charge in [-0.05, 0) is 26.0 Å². The standard InChI is InChI=1S/C15H22FN3O2/c1-15(2,17)14(20)19-8-6-18(7-9-19)12-5-4-11(16)10-13(12)21-3/h4-5,10H,6-9,17H2,1-3H3. The molecular weight excluding hydrogens is 273 g/mol. The van der Waals surface area contributed by atoms with Crippen LogP contribution < -0.4 is 15.4 Å². The van der Waals surface area contributed by atoms with Crippen molar-refractivity contribution in [1.82, 2.24) is 4.90 Å². The van der Waals surface area contributed by atoms with Gasteiger partial charge in [-0.3, -0.25) is 4.79 Å². The molecule has 0 unspecified atom stereocenters. The maximum Gasteiger partial charge on any atom is 0.242 e. The van der Waals surface area contributed by atoms with E-state index < -0.39 is 5.54 Å². The van der Waals surface area contributed by atoms with Crippen LogP contribution in [0.5, 0.6) is 5.75 Å². The number of hydrogen-bond donors (Lipinski definition) is 1. The van der Waals surface area contributed by atoms with Crippen LogP contribution in [0, 0.1) is 5.82 Å². The van der Waals surface area contributed by atoms with Crippen LogP contribution in [0.2, 0.25) is 0 Å². The Kier molecular flexibility index (Phi) is 4.37. The minimum Gasteiger partial charge on any atom is -0.494 e. The van der Waals surface area contributed by atoms with E-state index in [1.54, 1.807) is 24.8 Å². The largest absolute Gasteiger partial charge is 0.494 e. The van der Waals surface area contributed by atoms with Gasteiger partial charge in [0.15, 0.2) is 0 Å². The molecule has 0 radical (unpaired) electrons. The van der Waals surface area contributed by atoms with Gasteiger partial charge in [-0.2, -0.15) is 0 Å². The lowest BCUT2D eigenvalue weighted by atomic mass is 10.0. The summed E-state index contributed by atoms with van der Waals surface area (Å²) < 4.78 is 18.5. The molecule has 0 aliphatic carbocycles. The van der Waals surface area contributed by atoms with Crippen molar-refractivity contribution in [2.45, 2.75) is 19.4 Å². The van der Waals surface area contributed by atoms with Gasteiger partial charge in [0.25, 0.3) is 0 Å². The Morgan fingerprint density at radius 2 is 1.90 bits per heavy atom. The van der Waals surface area contributed by atoms with Crippen molar-refractivity contribution in [1.29, 1.82) is 0 Å². The molecule has 1 aliphatic heterocycles. The molecule has 1 saturated heterocycles. The van der Waals surface area contributed by atoms with E-state index in [-0.39, 0.29) is 11.7 Å². The summed E-state index contributed by atoms with van der Waals surface area (Å²) in [4.78, 5) is 16.0. The van der Waals surface area contributed by atoms with Crippen molar-refractivity contribution in [3.63, 3.8) is 0 Å². The van der Waals surface area contributed by atoms with E-state index >= 15 is 0 Å². The lowest BCUT2D eigenvalue weighted by molar-refractivity contribution is -0.136. The van der Waals surface area contributed by atoms with Gasteiger partial charge in [0.1, 0.15) is 11.6 Å². The van der Waals surface area contributed by atoms with E-state index in [4.69, 9.17) is 10.5 Å². The number of piperazine rings is 1. The van der Waals surface area contributed by atoms with Gasteiger partial charge in [-0.1, -0.05) is 0 Å². The van der Waals surface area contributed by atoms with Crippen molar-refractivity contribution in [3.05, 3.63) is 24.0 Å². The molecule has 0 spiro atoms. The second kappa shape index (κ2) is 5.89. The molecule has 0 aromatic heterocycles. The van der Waals surface area contributed by atoms with Crippen LogP contribution in [0.3, 0.4) is 0 Å². The summed E-state index contributed by atoms with van der Waals surface area (Å²) in [5.74, 6) is 0.136. The van der Waals surface area contributed by atoms with Gasteiger partial charge in [0.05, 0.1) is 18.3 Å². The molecule has 1 amide bonds. The third-order valence-electron chi connectivity index (χ3n) is 3.60. The molecule has 2 rings (SSSR count). The molecule has 6 heteroatoms. The molecule has 0 saturated carbocycles. The summed E-state index contributed by atoms with van der Waals surface area (Å²) in [6.45, 7) is 5.96. The van der Waals surface area contributed by atoms with Gasteiger partial charge >= 0.3 is 0 Å². The smallest absolute Gasteiger partial charge is 0.242 e.